The molecule has 0 amide bonds. The second kappa shape index (κ2) is 11.5. The number of allylic oxidation sites excluding steroid dienone is 8. The molecule has 2 aliphatic rings. The van der Waals surface area contributed by atoms with Gasteiger partial charge in [0.05, 0.1) is 34.2 Å². The van der Waals surface area contributed by atoms with Crippen LogP contribution in [0.4, 0.5) is 5.69 Å². The molecule has 1 atom stereocenters. The molecule has 0 saturated carbocycles. The maximum absolute atomic E-state index is 5.47. The highest BCUT2D eigenvalue weighted by Gasteiger charge is 2.21. The molecule has 0 fully saturated rings. The first-order valence-electron chi connectivity index (χ1n) is 11.8. The van der Waals surface area contributed by atoms with Gasteiger partial charge < -0.3 is 23.8 Å². The van der Waals surface area contributed by atoms with Crippen LogP contribution in [0.25, 0.3) is 5.57 Å². The first-order valence-corrected chi connectivity index (χ1v) is 11.8. The molecule has 2 aliphatic carbocycles. The predicted molar refractivity (Wildman–Crippen MR) is 141 cm³/mol. The fraction of sp³-hybridized carbons (Fsp3) is 0.267. The van der Waals surface area contributed by atoms with Gasteiger partial charge in [0.25, 0.3) is 0 Å². The summed E-state index contributed by atoms with van der Waals surface area (Å²) in [5.41, 5.74) is 4.64. The number of anilines is 1. The third-order valence-electron chi connectivity index (χ3n) is 6.40. The van der Waals surface area contributed by atoms with Crippen LogP contribution in [0.2, 0.25) is 0 Å². The molecular formula is C30H33NO4. The van der Waals surface area contributed by atoms with E-state index in [-0.39, 0.29) is 5.92 Å². The molecular weight excluding hydrogens is 438 g/mol. The lowest BCUT2D eigenvalue weighted by Gasteiger charge is -2.29. The van der Waals surface area contributed by atoms with Crippen LogP contribution in [0.15, 0.2) is 102 Å². The van der Waals surface area contributed by atoms with Gasteiger partial charge in [-0.25, -0.2) is 0 Å². The summed E-state index contributed by atoms with van der Waals surface area (Å²) in [6.07, 6.45) is 15.5. The van der Waals surface area contributed by atoms with E-state index in [0.29, 0.717) is 0 Å². The van der Waals surface area contributed by atoms with E-state index in [1.807, 2.05) is 24.3 Å². The topological polar surface area (TPSA) is 40.2 Å². The minimum absolute atomic E-state index is 0.206. The highest BCUT2D eigenvalue weighted by atomic mass is 16.5. The van der Waals surface area contributed by atoms with Gasteiger partial charge in [-0.1, -0.05) is 18.2 Å². The van der Waals surface area contributed by atoms with Crippen LogP contribution in [0.3, 0.4) is 0 Å². The maximum Gasteiger partial charge on any atom is 0.119 e. The van der Waals surface area contributed by atoms with E-state index in [1.165, 1.54) is 11.3 Å². The van der Waals surface area contributed by atoms with Crippen molar-refractivity contribution in [2.24, 2.45) is 5.92 Å². The van der Waals surface area contributed by atoms with Gasteiger partial charge in [0, 0.05) is 29.9 Å². The second-order valence-corrected chi connectivity index (χ2v) is 8.39. The lowest BCUT2D eigenvalue weighted by molar-refractivity contribution is 0.275. The highest BCUT2D eigenvalue weighted by Crippen LogP contribution is 2.36. The molecule has 2 aromatic carbocycles. The molecule has 5 heteroatoms. The molecule has 0 heterocycles. The van der Waals surface area contributed by atoms with E-state index in [0.717, 1.165) is 53.5 Å². The van der Waals surface area contributed by atoms with Gasteiger partial charge >= 0.3 is 0 Å². The first-order chi connectivity index (χ1) is 17.1. The predicted octanol–water partition coefficient (Wildman–Crippen LogP) is 6.87. The zero-order valence-electron chi connectivity index (χ0n) is 20.9. The Morgan fingerprint density at radius 3 is 2.00 bits per heavy atom. The normalized spacial score (nSPS) is 17.7. The summed E-state index contributed by atoms with van der Waals surface area (Å²) < 4.78 is 21.7. The van der Waals surface area contributed by atoms with Gasteiger partial charge in [-0.05, 0) is 84.7 Å². The van der Waals surface area contributed by atoms with Crippen molar-refractivity contribution in [3.63, 3.8) is 0 Å². The molecule has 35 heavy (non-hydrogen) atoms. The van der Waals surface area contributed by atoms with Gasteiger partial charge in [0.2, 0.25) is 0 Å². The Morgan fingerprint density at radius 1 is 0.800 bits per heavy atom. The molecule has 0 bridgehead atoms. The zero-order valence-corrected chi connectivity index (χ0v) is 20.9. The molecule has 0 saturated heterocycles. The van der Waals surface area contributed by atoms with Crippen LogP contribution in [0.1, 0.15) is 24.8 Å². The number of ether oxygens (including phenoxy) is 4. The van der Waals surface area contributed by atoms with E-state index in [9.17, 15) is 0 Å². The summed E-state index contributed by atoms with van der Waals surface area (Å²) in [6, 6.07) is 16.5. The Kier molecular flexibility index (Phi) is 7.99. The number of hydrogen-bond acceptors (Lipinski definition) is 5. The van der Waals surface area contributed by atoms with Crippen molar-refractivity contribution in [3.05, 3.63) is 108 Å². The Bertz CT molecular complexity index is 1150. The summed E-state index contributed by atoms with van der Waals surface area (Å²) in [6.45, 7) is 0. The van der Waals surface area contributed by atoms with Gasteiger partial charge in [-0.2, -0.15) is 0 Å². The van der Waals surface area contributed by atoms with Crippen molar-refractivity contribution < 1.29 is 18.9 Å². The third kappa shape index (κ3) is 5.80. The zero-order chi connectivity index (χ0) is 24.6. The average Bonchev–Trinajstić information content (AvgIpc) is 2.94. The lowest BCUT2D eigenvalue weighted by atomic mass is 9.87. The smallest absolute Gasteiger partial charge is 0.119 e. The van der Waals surface area contributed by atoms with Crippen molar-refractivity contribution in [1.82, 2.24) is 0 Å². The third-order valence-corrected chi connectivity index (χ3v) is 6.40. The average molecular weight is 472 g/mol. The minimum atomic E-state index is 0.206. The number of nitrogens with zero attached hydrogens (tertiary/aromatic N) is 1. The van der Waals surface area contributed by atoms with Crippen LogP contribution in [-0.4, -0.2) is 28.4 Å². The van der Waals surface area contributed by atoms with Crippen molar-refractivity contribution in [2.75, 3.05) is 33.3 Å². The van der Waals surface area contributed by atoms with Crippen LogP contribution in [0.5, 0.6) is 11.5 Å². The van der Waals surface area contributed by atoms with E-state index < -0.39 is 0 Å². The van der Waals surface area contributed by atoms with Gasteiger partial charge in [-0.3, -0.25) is 0 Å². The minimum Gasteiger partial charge on any atom is -0.501 e. The van der Waals surface area contributed by atoms with E-state index in [1.54, 1.807) is 28.4 Å². The molecule has 1 unspecified atom stereocenters. The summed E-state index contributed by atoms with van der Waals surface area (Å²) in [5, 5.41) is 0. The first kappa shape index (κ1) is 24.3. The number of methoxy groups -OCH3 is 4. The standard InChI is InChI=1S/C30H33NO4/c1-32-26-13-5-22(6-14-26)30(23-7-15-27(33-2)16-8-23)21-31(24-9-17-28(34-3)18-10-24)25-11-19-29(35-4)20-12-25/h5-7,9-11,13-19,21,23H,8,12,20H2,1-4H3. The number of rotatable bonds is 9. The maximum atomic E-state index is 5.47. The molecule has 182 valence electrons. The van der Waals surface area contributed by atoms with Crippen molar-refractivity contribution >= 4 is 11.3 Å². The van der Waals surface area contributed by atoms with E-state index in [2.05, 4.69) is 65.7 Å². The quantitative estimate of drug-likeness (QED) is 0.399. The second-order valence-electron chi connectivity index (χ2n) is 8.39. The Balaban J connectivity index is 1.80. The highest BCUT2D eigenvalue weighted by molar-refractivity contribution is 5.74. The Morgan fingerprint density at radius 2 is 1.49 bits per heavy atom. The molecule has 0 radical (unpaired) electrons. The van der Waals surface area contributed by atoms with Gasteiger partial charge in [0.15, 0.2) is 0 Å². The molecule has 4 rings (SSSR count). The van der Waals surface area contributed by atoms with Gasteiger partial charge in [0.1, 0.15) is 17.3 Å². The fourth-order valence-corrected chi connectivity index (χ4v) is 4.33. The SMILES string of the molecule is COC1=CCC(C(=CN(C2=CC=C(OC)CC2)c2ccc(OC)cc2)c2ccc(OC)cc2)C=C1. The summed E-state index contributed by atoms with van der Waals surface area (Å²) in [4.78, 5) is 2.28. The van der Waals surface area contributed by atoms with Crippen LogP contribution in [0, 0.1) is 5.92 Å². The van der Waals surface area contributed by atoms with Crippen LogP contribution in [-0.2, 0) is 9.47 Å². The molecule has 0 spiro atoms. The number of benzene rings is 2. The van der Waals surface area contributed by atoms with Gasteiger partial charge in [-0.15, -0.1) is 0 Å². The summed E-state index contributed by atoms with van der Waals surface area (Å²) >= 11 is 0. The van der Waals surface area contributed by atoms with E-state index >= 15 is 0 Å². The fourth-order valence-electron chi connectivity index (χ4n) is 4.33. The summed E-state index contributed by atoms with van der Waals surface area (Å²) in [5.74, 6) is 3.77. The number of hydrogen-bond donors (Lipinski definition) is 0. The molecule has 0 N–H and O–H groups in total. The van der Waals surface area contributed by atoms with Crippen molar-refractivity contribution in [1.29, 1.82) is 0 Å². The lowest BCUT2D eigenvalue weighted by Crippen LogP contribution is -2.19. The monoisotopic (exact) mass is 471 g/mol. The molecule has 0 aliphatic heterocycles. The van der Waals surface area contributed by atoms with Crippen LogP contribution < -0.4 is 14.4 Å². The molecule has 2 aromatic rings. The van der Waals surface area contributed by atoms with Crippen molar-refractivity contribution in [2.45, 2.75) is 19.3 Å². The summed E-state index contributed by atoms with van der Waals surface area (Å²) in [7, 11) is 6.81. The molecule has 0 aromatic heterocycles. The molecule has 5 nitrogen and oxygen atoms in total. The Hall–Kier alpha value is -3.86. The largest absolute Gasteiger partial charge is 0.501 e. The van der Waals surface area contributed by atoms with Crippen LogP contribution >= 0.6 is 0 Å². The van der Waals surface area contributed by atoms with E-state index in [4.69, 9.17) is 18.9 Å². The van der Waals surface area contributed by atoms with Crippen molar-refractivity contribution in [3.8, 4) is 11.5 Å². The Labute approximate surface area is 208 Å².